The van der Waals surface area contributed by atoms with E-state index in [1.807, 2.05) is 0 Å². The highest BCUT2D eigenvalue weighted by Crippen LogP contribution is 2.30. The molecule has 2 rings (SSSR count). The van der Waals surface area contributed by atoms with E-state index in [-0.39, 0.29) is 42.9 Å². The van der Waals surface area contributed by atoms with Gasteiger partial charge in [-0.05, 0) is 6.92 Å². The minimum Gasteiger partial charge on any atom is -0.503 e. The topological polar surface area (TPSA) is 109 Å². The molecule has 1 aromatic rings. The molecule has 0 unspecified atom stereocenters. The van der Waals surface area contributed by atoms with Gasteiger partial charge >= 0.3 is 5.97 Å². The maximum absolute atomic E-state index is 11.7. The fourth-order valence-electron chi connectivity index (χ4n) is 2.03. The van der Waals surface area contributed by atoms with E-state index < -0.39 is 12.0 Å². The van der Waals surface area contributed by atoms with Crippen LogP contribution in [0.2, 0.25) is 0 Å². The predicted octanol–water partition coefficient (Wildman–Crippen LogP) is 0.537. The van der Waals surface area contributed by atoms with Gasteiger partial charge in [0.1, 0.15) is 13.2 Å². The third kappa shape index (κ3) is 5.30. The van der Waals surface area contributed by atoms with Crippen molar-refractivity contribution in [3.05, 3.63) is 18.0 Å². The van der Waals surface area contributed by atoms with Crippen LogP contribution < -0.4 is 4.74 Å². The fraction of sp³-hybridized carbons (Fsp3) is 0.562. The summed E-state index contributed by atoms with van der Waals surface area (Å²) in [5.41, 5.74) is 0.115. The summed E-state index contributed by atoms with van der Waals surface area (Å²) >= 11 is 0. The number of carbonyl (C=O) groups excluding carboxylic acids is 1. The van der Waals surface area contributed by atoms with Gasteiger partial charge in [-0.2, -0.15) is 0 Å². The summed E-state index contributed by atoms with van der Waals surface area (Å²) in [5.74, 6) is -0.371. The molecule has 0 bridgehead atoms. The number of nitrogens with zero attached hydrogens (tertiary/aromatic N) is 2. The first-order valence-corrected chi connectivity index (χ1v) is 7.92. The summed E-state index contributed by atoms with van der Waals surface area (Å²) < 4.78 is 25.9. The molecule has 9 heteroatoms. The van der Waals surface area contributed by atoms with Gasteiger partial charge in [-0.15, -0.1) is 0 Å². The summed E-state index contributed by atoms with van der Waals surface area (Å²) in [7, 11) is 1.59. The first-order valence-electron chi connectivity index (χ1n) is 7.92. The molecule has 2 heterocycles. The number of carbonyl (C=O) groups is 1. The highest BCUT2D eigenvalue weighted by atomic mass is 16.5. The van der Waals surface area contributed by atoms with E-state index in [4.69, 9.17) is 23.7 Å². The van der Waals surface area contributed by atoms with Gasteiger partial charge in [0.05, 0.1) is 26.4 Å². The number of rotatable bonds is 10. The van der Waals surface area contributed by atoms with E-state index >= 15 is 0 Å². The van der Waals surface area contributed by atoms with Crippen LogP contribution >= 0.6 is 0 Å². The fourth-order valence-corrected chi connectivity index (χ4v) is 2.03. The van der Waals surface area contributed by atoms with Crippen molar-refractivity contribution in [2.45, 2.75) is 13.0 Å². The average Bonchev–Trinajstić information content (AvgIpc) is 3.09. The third-order valence-electron chi connectivity index (χ3n) is 3.22. The number of aromatic hydroxyl groups is 1. The number of methoxy groups -OCH3 is 1. The normalized spacial score (nSPS) is 16.2. The number of esters is 1. The van der Waals surface area contributed by atoms with Crippen LogP contribution in [-0.2, 0) is 23.7 Å². The van der Waals surface area contributed by atoms with Gasteiger partial charge in [-0.25, -0.2) is 14.8 Å². The minimum atomic E-state index is -0.755. The van der Waals surface area contributed by atoms with E-state index in [2.05, 4.69) is 9.98 Å². The largest absolute Gasteiger partial charge is 0.503 e. The van der Waals surface area contributed by atoms with Crippen molar-refractivity contribution >= 4 is 11.9 Å². The van der Waals surface area contributed by atoms with E-state index in [0.717, 1.165) is 0 Å². The Morgan fingerprint density at radius 2 is 2.16 bits per heavy atom. The van der Waals surface area contributed by atoms with Crippen molar-refractivity contribution in [3.63, 3.8) is 0 Å². The molecule has 0 radical (unpaired) electrons. The molecule has 1 aliphatic heterocycles. The van der Waals surface area contributed by atoms with Gasteiger partial charge in [0.25, 0.3) is 0 Å². The molecule has 0 spiro atoms. The Hall–Kier alpha value is -2.39. The van der Waals surface area contributed by atoms with Crippen LogP contribution in [0.1, 0.15) is 12.6 Å². The Balaban J connectivity index is 1.96. The lowest BCUT2D eigenvalue weighted by Crippen LogP contribution is -2.22. The van der Waals surface area contributed by atoms with Crippen molar-refractivity contribution in [2.24, 2.45) is 4.99 Å². The third-order valence-corrected chi connectivity index (χ3v) is 3.22. The maximum Gasteiger partial charge on any atom is 0.334 e. The van der Waals surface area contributed by atoms with Gasteiger partial charge in [-0.3, -0.25) is 0 Å². The second-order valence-corrected chi connectivity index (χ2v) is 4.97. The highest BCUT2D eigenvalue weighted by molar-refractivity contribution is 5.98. The van der Waals surface area contributed by atoms with Crippen molar-refractivity contribution in [3.8, 4) is 11.5 Å². The van der Waals surface area contributed by atoms with E-state index in [9.17, 15) is 9.90 Å². The van der Waals surface area contributed by atoms with Gasteiger partial charge in [0, 0.05) is 19.4 Å². The van der Waals surface area contributed by atoms with Crippen molar-refractivity contribution in [1.29, 1.82) is 0 Å². The van der Waals surface area contributed by atoms with Crippen LogP contribution in [0.5, 0.6) is 11.5 Å². The molecule has 1 N–H and O–H groups in total. The molecular weight excluding hydrogens is 332 g/mol. The molecule has 1 atom stereocenters. The van der Waals surface area contributed by atoms with Gasteiger partial charge in [-0.1, -0.05) is 0 Å². The van der Waals surface area contributed by atoms with E-state index in [0.29, 0.717) is 19.8 Å². The van der Waals surface area contributed by atoms with Gasteiger partial charge < -0.3 is 28.8 Å². The minimum absolute atomic E-state index is 0.0493. The number of aromatic nitrogens is 1. The molecule has 138 valence electrons. The summed E-state index contributed by atoms with van der Waals surface area (Å²) in [6, 6.07) is 0.765. The lowest BCUT2D eigenvalue weighted by atomic mass is 10.3. The zero-order valence-corrected chi connectivity index (χ0v) is 14.3. The molecular formula is C16H22N2O7. The Bertz CT molecular complexity index is 606. The lowest BCUT2D eigenvalue weighted by molar-refractivity contribution is -0.144. The Kier molecular flexibility index (Phi) is 7.42. The molecule has 0 saturated carbocycles. The predicted molar refractivity (Wildman–Crippen MR) is 87.0 cm³/mol. The molecule has 0 fully saturated rings. The smallest absolute Gasteiger partial charge is 0.334 e. The zero-order valence-electron chi connectivity index (χ0n) is 14.3. The van der Waals surface area contributed by atoms with Crippen LogP contribution in [0.25, 0.3) is 0 Å². The highest BCUT2D eigenvalue weighted by Gasteiger charge is 2.30. The van der Waals surface area contributed by atoms with Crippen LogP contribution in [0.3, 0.4) is 0 Å². The zero-order chi connectivity index (χ0) is 18.1. The quantitative estimate of drug-likeness (QED) is 0.479. The summed E-state index contributed by atoms with van der Waals surface area (Å²) in [6.45, 7) is 3.60. The summed E-state index contributed by atoms with van der Waals surface area (Å²) in [5, 5.41) is 10.3. The summed E-state index contributed by atoms with van der Waals surface area (Å²) in [6.07, 6.45) is 1.46. The monoisotopic (exact) mass is 354 g/mol. The second kappa shape index (κ2) is 9.80. The molecule has 9 nitrogen and oxygen atoms in total. The van der Waals surface area contributed by atoms with Crippen molar-refractivity contribution in [2.75, 3.05) is 46.8 Å². The molecule has 1 aromatic heterocycles. The van der Waals surface area contributed by atoms with Crippen molar-refractivity contribution in [1.82, 2.24) is 4.98 Å². The van der Waals surface area contributed by atoms with Crippen LogP contribution in [-0.4, -0.2) is 74.8 Å². The van der Waals surface area contributed by atoms with Crippen molar-refractivity contribution < 1.29 is 33.6 Å². The number of pyridine rings is 1. The van der Waals surface area contributed by atoms with Crippen LogP contribution in [0.4, 0.5) is 0 Å². The molecule has 1 aliphatic rings. The SMILES string of the molecule is CCOC(=O)[C@H]1COC(c2nccc(OCCOCCOC)c2O)=N1. The Morgan fingerprint density at radius 1 is 1.36 bits per heavy atom. The lowest BCUT2D eigenvalue weighted by Gasteiger charge is -2.10. The van der Waals surface area contributed by atoms with Crippen LogP contribution in [0.15, 0.2) is 17.3 Å². The van der Waals surface area contributed by atoms with Gasteiger partial charge in [0.15, 0.2) is 23.2 Å². The van der Waals surface area contributed by atoms with Crippen LogP contribution in [0, 0.1) is 0 Å². The van der Waals surface area contributed by atoms with E-state index in [1.54, 1.807) is 14.0 Å². The number of hydrogen-bond acceptors (Lipinski definition) is 9. The summed E-state index contributed by atoms with van der Waals surface area (Å²) in [4.78, 5) is 19.8. The second-order valence-electron chi connectivity index (χ2n) is 4.97. The number of hydrogen-bond donors (Lipinski definition) is 1. The Morgan fingerprint density at radius 3 is 2.92 bits per heavy atom. The Labute approximate surface area is 145 Å². The molecule has 0 aromatic carbocycles. The van der Waals surface area contributed by atoms with Gasteiger partial charge in [0.2, 0.25) is 5.90 Å². The maximum atomic E-state index is 11.7. The first-order chi connectivity index (χ1) is 12.2. The molecule has 0 amide bonds. The molecule has 0 aliphatic carbocycles. The number of ether oxygens (including phenoxy) is 5. The first kappa shape index (κ1) is 18.9. The average molecular weight is 354 g/mol. The standard InChI is InChI=1S/C16H22N2O7/c1-3-23-16(20)11-10-25-15(18-11)13-14(19)12(4-5-17-13)24-9-8-22-7-6-21-2/h4-5,11,19H,3,6-10H2,1-2H3/t11-/m1/s1. The molecule has 25 heavy (non-hydrogen) atoms. The molecule has 0 saturated heterocycles. The number of aliphatic imine (C=N–C) groups is 1. The van der Waals surface area contributed by atoms with E-state index in [1.165, 1.54) is 12.3 Å².